The van der Waals surface area contributed by atoms with Crippen LogP contribution in [-0.4, -0.2) is 33.7 Å². The number of phosphoric acid groups is 1. The van der Waals surface area contributed by atoms with Gasteiger partial charge in [-0.2, -0.15) is 0 Å². The molecule has 0 bridgehead atoms. The van der Waals surface area contributed by atoms with Crippen molar-refractivity contribution in [2.45, 2.75) is 0 Å². The molecule has 1 rings (SSSR count). The van der Waals surface area contributed by atoms with Crippen LogP contribution in [0.15, 0.2) is 24.3 Å². The average molecular weight is 274 g/mol. The molecule has 1 aromatic rings. The molecule has 100 valence electrons. The lowest BCUT2D eigenvalue weighted by Gasteiger charge is -2.12. The van der Waals surface area contributed by atoms with E-state index in [2.05, 4.69) is 9.05 Å². The van der Waals surface area contributed by atoms with Crippen molar-refractivity contribution in [3.63, 3.8) is 0 Å². The summed E-state index contributed by atoms with van der Waals surface area (Å²) >= 11 is 0. The minimum absolute atomic E-state index is 0.327. The molecule has 1 aromatic carbocycles. The highest BCUT2D eigenvalue weighted by molar-refractivity contribution is 7.48. The molecule has 0 heterocycles. The van der Waals surface area contributed by atoms with E-state index >= 15 is 0 Å². The molecule has 0 aliphatic carbocycles. The van der Waals surface area contributed by atoms with E-state index in [0.717, 1.165) is 0 Å². The first-order valence-electron chi connectivity index (χ1n) is 5.08. The van der Waals surface area contributed by atoms with E-state index in [4.69, 9.17) is 9.26 Å². The van der Waals surface area contributed by atoms with Crippen molar-refractivity contribution in [2.75, 3.05) is 27.9 Å². The second-order valence-electron chi connectivity index (χ2n) is 3.24. The number of methoxy groups -OCH3 is 1. The third-order valence-electron chi connectivity index (χ3n) is 2.21. The molecule has 7 heteroatoms. The van der Waals surface area contributed by atoms with Gasteiger partial charge < -0.3 is 4.74 Å². The lowest BCUT2D eigenvalue weighted by Crippen LogP contribution is -2.09. The van der Waals surface area contributed by atoms with E-state index in [1.165, 1.54) is 21.3 Å². The van der Waals surface area contributed by atoms with Crippen molar-refractivity contribution in [2.24, 2.45) is 0 Å². The highest BCUT2D eigenvalue weighted by atomic mass is 31.2. The minimum atomic E-state index is -3.62. The Balaban J connectivity index is 2.62. The summed E-state index contributed by atoms with van der Waals surface area (Å²) in [5, 5.41) is 0. The zero-order valence-corrected chi connectivity index (χ0v) is 11.3. The predicted octanol–water partition coefficient (Wildman–Crippen LogP) is 2.30. The van der Waals surface area contributed by atoms with Gasteiger partial charge in [-0.05, 0) is 24.3 Å². The Labute approximate surface area is 105 Å². The number of hydrogen-bond donors (Lipinski definition) is 0. The number of carbonyl (C=O) groups excluding carboxylic acids is 1. The van der Waals surface area contributed by atoms with Gasteiger partial charge in [0.05, 0.1) is 7.11 Å². The van der Waals surface area contributed by atoms with Crippen LogP contribution in [0.4, 0.5) is 0 Å². The molecule has 0 unspecified atom stereocenters. The van der Waals surface area contributed by atoms with E-state index in [0.29, 0.717) is 11.3 Å². The summed E-state index contributed by atoms with van der Waals surface area (Å²) in [6.07, 6.45) is 0. The van der Waals surface area contributed by atoms with Crippen molar-refractivity contribution < 1.29 is 27.7 Å². The maximum Gasteiger partial charge on any atom is 0.474 e. The Hall–Kier alpha value is -1.20. The first kappa shape index (κ1) is 14.9. The first-order valence-corrected chi connectivity index (χ1v) is 6.54. The fourth-order valence-electron chi connectivity index (χ4n) is 1.18. The van der Waals surface area contributed by atoms with Crippen LogP contribution in [-0.2, 0) is 18.1 Å². The molecule has 6 nitrogen and oxygen atoms in total. The van der Waals surface area contributed by atoms with E-state index in [9.17, 15) is 9.36 Å². The quantitative estimate of drug-likeness (QED) is 0.561. The SMILES string of the molecule is COc1ccc(C(=O)COP(=O)(OC)OC)cc1. The minimum Gasteiger partial charge on any atom is -0.497 e. The molecule has 0 spiro atoms. The van der Waals surface area contributed by atoms with Gasteiger partial charge in [-0.1, -0.05) is 0 Å². The average Bonchev–Trinajstić information content (AvgIpc) is 2.44. The van der Waals surface area contributed by atoms with Crippen LogP contribution in [0.2, 0.25) is 0 Å². The molecule has 0 aliphatic rings. The number of hydrogen-bond acceptors (Lipinski definition) is 6. The van der Waals surface area contributed by atoms with Crippen LogP contribution in [0.25, 0.3) is 0 Å². The maximum atomic E-state index is 11.7. The summed E-state index contributed by atoms with van der Waals surface area (Å²) < 4.78 is 30.4. The Morgan fingerprint density at radius 3 is 2.11 bits per heavy atom. The summed E-state index contributed by atoms with van der Waals surface area (Å²) in [7, 11) is 0.284. The number of phosphoric ester groups is 1. The van der Waals surface area contributed by atoms with Gasteiger partial charge in [0.15, 0.2) is 5.78 Å². The molecule has 18 heavy (non-hydrogen) atoms. The number of Topliss-reactive ketones (excluding diaryl/α,β-unsaturated/α-hetero) is 1. The monoisotopic (exact) mass is 274 g/mol. The molecule has 0 aliphatic heterocycles. The highest BCUT2D eigenvalue weighted by Crippen LogP contribution is 2.47. The Morgan fingerprint density at radius 2 is 1.67 bits per heavy atom. The van der Waals surface area contributed by atoms with Gasteiger partial charge in [0.25, 0.3) is 0 Å². The Morgan fingerprint density at radius 1 is 1.11 bits per heavy atom. The van der Waals surface area contributed by atoms with Crippen molar-refractivity contribution in [1.29, 1.82) is 0 Å². The second kappa shape index (κ2) is 6.66. The lowest BCUT2D eigenvalue weighted by molar-refractivity contribution is 0.0856. The topological polar surface area (TPSA) is 71.1 Å². The van der Waals surface area contributed by atoms with E-state index in [-0.39, 0.29) is 12.4 Å². The third-order valence-corrected chi connectivity index (χ3v) is 3.55. The standard InChI is InChI=1S/C11H15O6P/c1-14-10-6-4-9(5-7-10)11(12)8-17-18(13,15-2)16-3/h4-7H,8H2,1-3H3. The fourth-order valence-corrected chi connectivity index (χ4v) is 1.81. The summed E-state index contributed by atoms with van der Waals surface area (Å²) in [4.78, 5) is 11.7. The molecule has 0 atom stereocenters. The zero-order valence-electron chi connectivity index (χ0n) is 10.4. The number of carbonyl (C=O) groups is 1. The Bertz CT molecular complexity index is 433. The maximum absolute atomic E-state index is 11.7. The summed E-state index contributed by atoms with van der Waals surface area (Å²) in [6, 6.07) is 6.49. The largest absolute Gasteiger partial charge is 0.497 e. The van der Waals surface area contributed by atoms with Gasteiger partial charge in [0.2, 0.25) is 0 Å². The molecule has 0 fully saturated rings. The van der Waals surface area contributed by atoms with Crippen LogP contribution in [0.5, 0.6) is 5.75 Å². The lowest BCUT2D eigenvalue weighted by atomic mass is 10.1. The molecule has 0 N–H and O–H groups in total. The van der Waals surface area contributed by atoms with E-state index in [1.807, 2.05) is 0 Å². The highest BCUT2D eigenvalue weighted by Gasteiger charge is 2.24. The molecule has 0 radical (unpaired) electrons. The van der Waals surface area contributed by atoms with Crippen LogP contribution in [0, 0.1) is 0 Å². The number of ketones is 1. The molecular formula is C11H15O6P. The summed E-state index contributed by atoms with van der Waals surface area (Å²) in [6.45, 7) is -0.384. The van der Waals surface area contributed by atoms with Crippen molar-refractivity contribution in [3.05, 3.63) is 29.8 Å². The molecular weight excluding hydrogens is 259 g/mol. The van der Waals surface area contributed by atoms with Gasteiger partial charge in [0, 0.05) is 19.8 Å². The van der Waals surface area contributed by atoms with Crippen LogP contribution >= 0.6 is 7.82 Å². The number of benzene rings is 1. The van der Waals surface area contributed by atoms with Crippen molar-refractivity contribution in [1.82, 2.24) is 0 Å². The van der Waals surface area contributed by atoms with Crippen LogP contribution < -0.4 is 4.74 Å². The first-order chi connectivity index (χ1) is 8.54. The summed E-state index contributed by atoms with van der Waals surface area (Å²) in [5.74, 6) is 0.318. The van der Waals surface area contributed by atoms with Crippen molar-refractivity contribution in [3.8, 4) is 5.75 Å². The van der Waals surface area contributed by atoms with Crippen molar-refractivity contribution >= 4 is 13.6 Å². The van der Waals surface area contributed by atoms with E-state index < -0.39 is 7.82 Å². The predicted molar refractivity (Wildman–Crippen MR) is 64.9 cm³/mol. The van der Waals surface area contributed by atoms with Gasteiger partial charge in [-0.25, -0.2) is 4.57 Å². The molecule has 0 saturated heterocycles. The number of rotatable bonds is 7. The molecule has 0 aromatic heterocycles. The van der Waals surface area contributed by atoms with Crippen LogP contribution in [0.1, 0.15) is 10.4 Å². The zero-order chi connectivity index (χ0) is 13.6. The summed E-state index contributed by atoms with van der Waals surface area (Å²) in [5.41, 5.74) is 0.426. The fraction of sp³-hybridized carbons (Fsp3) is 0.364. The smallest absolute Gasteiger partial charge is 0.474 e. The van der Waals surface area contributed by atoms with Gasteiger partial charge >= 0.3 is 7.82 Å². The second-order valence-corrected chi connectivity index (χ2v) is 5.12. The number of ether oxygens (including phenoxy) is 1. The molecule has 0 amide bonds. The third kappa shape index (κ3) is 3.92. The van der Waals surface area contributed by atoms with Crippen LogP contribution in [0.3, 0.4) is 0 Å². The van der Waals surface area contributed by atoms with E-state index in [1.54, 1.807) is 24.3 Å². The van der Waals surface area contributed by atoms with Gasteiger partial charge in [0.1, 0.15) is 12.4 Å². The molecule has 0 saturated carbocycles. The van der Waals surface area contributed by atoms with Gasteiger partial charge in [-0.15, -0.1) is 0 Å². The normalized spacial score (nSPS) is 11.3. The van der Waals surface area contributed by atoms with Gasteiger partial charge in [-0.3, -0.25) is 18.4 Å². The Kier molecular flexibility index (Phi) is 5.50.